The molecule has 1 aromatic heterocycles. The van der Waals surface area contributed by atoms with Gasteiger partial charge in [-0.2, -0.15) is 0 Å². The third-order valence-corrected chi connectivity index (χ3v) is 6.86. The topological polar surface area (TPSA) is 81.2 Å². The van der Waals surface area contributed by atoms with Crippen molar-refractivity contribution in [3.8, 4) is 11.1 Å². The Morgan fingerprint density at radius 3 is 2.00 bits per heavy atom. The predicted molar refractivity (Wildman–Crippen MR) is 85.1 cm³/mol. The van der Waals surface area contributed by atoms with Crippen molar-refractivity contribution >= 4 is 19.7 Å². The zero-order chi connectivity index (χ0) is 16.4. The van der Waals surface area contributed by atoms with Crippen LogP contribution in [0.2, 0.25) is 0 Å². The fraction of sp³-hybridized carbons (Fsp3) is 0.267. The highest BCUT2D eigenvalue weighted by Crippen LogP contribution is 2.27. The predicted octanol–water partition coefficient (Wildman–Crippen LogP) is 2.34. The van der Waals surface area contributed by atoms with Crippen LogP contribution in [-0.4, -0.2) is 33.3 Å². The third kappa shape index (κ3) is 3.20. The average Bonchev–Trinajstić information content (AvgIpc) is 2.55. The van der Waals surface area contributed by atoms with Gasteiger partial charge in [0.2, 0.25) is 0 Å². The van der Waals surface area contributed by atoms with E-state index in [1.54, 1.807) is 0 Å². The van der Waals surface area contributed by atoms with Crippen LogP contribution in [0.1, 0.15) is 13.8 Å². The average molecular weight is 339 g/mol. The molecule has 1 aromatic carbocycles. The van der Waals surface area contributed by atoms with E-state index in [0.717, 1.165) is 5.56 Å². The molecule has 0 saturated heterocycles. The summed E-state index contributed by atoms with van der Waals surface area (Å²) >= 11 is 0. The molecule has 0 bridgehead atoms. The molecule has 0 N–H and O–H groups in total. The van der Waals surface area contributed by atoms with Crippen LogP contribution in [0.5, 0.6) is 0 Å². The molecule has 0 spiro atoms. The Kier molecular flexibility index (Phi) is 4.67. The summed E-state index contributed by atoms with van der Waals surface area (Å²) in [4.78, 5) is 3.72. The fourth-order valence-electron chi connectivity index (χ4n) is 1.97. The third-order valence-electron chi connectivity index (χ3n) is 3.32. The molecular weight excluding hydrogens is 322 g/mol. The van der Waals surface area contributed by atoms with E-state index in [-0.39, 0.29) is 21.4 Å². The number of nitrogens with zero attached hydrogens (tertiary/aromatic N) is 1. The first-order chi connectivity index (χ1) is 10.3. The van der Waals surface area contributed by atoms with Crippen LogP contribution in [0.15, 0.2) is 52.5 Å². The lowest BCUT2D eigenvalue weighted by molar-refractivity contribution is 0.579. The van der Waals surface area contributed by atoms with E-state index in [0.29, 0.717) is 5.56 Å². The Morgan fingerprint density at radius 1 is 0.864 bits per heavy atom. The summed E-state index contributed by atoms with van der Waals surface area (Å²) in [6.45, 7) is 2.94. The van der Waals surface area contributed by atoms with Crippen LogP contribution in [0.3, 0.4) is 0 Å². The summed E-state index contributed by atoms with van der Waals surface area (Å²) in [6.07, 6.45) is 1.40. The lowest BCUT2D eigenvalue weighted by atomic mass is 10.1. The maximum Gasteiger partial charge on any atom is 0.196 e. The van der Waals surface area contributed by atoms with Gasteiger partial charge in [-0.25, -0.2) is 21.8 Å². The van der Waals surface area contributed by atoms with Crippen molar-refractivity contribution in [3.05, 3.63) is 42.6 Å². The zero-order valence-electron chi connectivity index (χ0n) is 12.4. The molecule has 0 amide bonds. The number of hydrogen-bond donors (Lipinski definition) is 0. The van der Waals surface area contributed by atoms with Gasteiger partial charge in [0.15, 0.2) is 24.7 Å². The highest BCUT2D eigenvalue weighted by atomic mass is 32.2. The molecular formula is C15H17NO4S2. The summed E-state index contributed by atoms with van der Waals surface area (Å²) in [5, 5.41) is -0.364. The maximum atomic E-state index is 12.3. The van der Waals surface area contributed by atoms with Gasteiger partial charge in [-0.1, -0.05) is 44.2 Å². The monoisotopic (exact) mass is 339 g/mol. The minimum atomic E-state index is -3.71. The molecule has 0 unspecified atom stereocenters. The van der Waals surface area contributed by atoms with Crippen molar-refractivity contribution in [2.24, 2.45) is 0 Å². The normalized spacial score (nSPS) is 12.3. The number of rotatable bonds is 5. The summed E-state index contributed by atoms with van der Waals surface area (Å²) in [5.74, 6) is -0.379. The number of pyridine rings is 1. The summed E-state index contributed by atoms with van der Waals surface area (Å²) in [7, 11) is -7.41. The van der Waals surface area contributed by atoms with E-state index < -0.39 is 19.7 Å². The van der Waals surface area contributed by atoms with Gasteiger partial charge in [0.25, 0.3) is 0 Å². The second kappa shape index (κ2) is 6.18. The molecule has 5 nitrogen and oxygen atoms in total. The van der Waals surface area contributed by atoms with E-state index in [2.05, 4.69) is 4.98 Å². The van der Waals surface area contributed by atoms with E-state index in [9.17, 15) is 16.8 Å². The molecule has 0 aliphatic rings. The molecule has 0 fully saturated rings. The van der Waals surface area contributed by atoms with Crippen LogP contribution in [0.4, 0.5) is 0 Å². The number of hydrogen-bond acceptors (Lipinski definition) is 5. The zero-order valence-corrected chi connectivity index (χ0v) is 14.0. The van der Waals surface area contributed by atoms with E-state index in [1.165, 1.54) is 26.1 Å². The summed E-state index contributed by atoms with van der Waals surface area (Å²) in [5.41, 5.74) is 1.35. The smallest absolute Gasteiger partial charge is 0.196 e. The molecule has 22 heavy (non-hydrogen) atoms. The number of benzene rings is 1. The second-order valence-electron chi connectivity index (χ2n) is 4.70. The molecule has 1 heterocycles. The maximum absolute atomic E-state index is 12.3. The molecule has 0 aliphatic carbocycles. The van der Waals surface area contributed by atoms with Crippen LogP contribution < -0.4 is 0 Å². The van der Waals surface area contributed by atoms with Crippen LogP contribution in [0.25, 0.3) is 11.1 Å². The van der Waals surface area contributed by atoms with Gasteiger partial charge in [-0.3, -0.25) is 0 Å². The van der Waals surface area contributed by atoms with Crippen molar-refractivity contribution in [2.45, 2.75) is 23.8 Å². The Hall–Kier alpha value is -1.73. The first kappa shape index (κ1) is 16.6. The van der Waals surface area contributed by atoms with Crippen molar-refractivity contribution in [2.75, 3.05) is 11.5 Å². The number of sulfone groups is 2. The molecule has 118 valence electrons. The highest BCUT2D eigenvalue weighted by molar-refractivity contribution is 7.94. The molecule has 0 aliphatic heterocycles. The van der Waals surface area contributed by atoms with Gasteiger partial charge >= 0.3 is 0 Å². The van der Waals surface area contributed by atoms with Gasteiger partial charge < -0.3 is 0 Å². The first-order valence-electron chi connectivity index (χ1n) is 6.82. The minimum absolute atomic E-state index is 0.181. The Morgan fingerprint density at radius 2 is 1.45 bits per heavy atom. The lowest BCUT2D eigenvalue weighted by Gasteiger charge is -2.10. The molecule has 0 saturated carbocycles. The van der Waals surface area contributed by atoms with Crippen LogP contribution in [-0.2, 0) is 19.7 Å². The minimum Gasteiger partial charge on any atom is -0.243 e. The number of aromatic nitrogens is 1. The Balaban J connectivity index is 2.75. The van der Waals surface area contributed by atoms with Gasteiger partial charge in [0.1, 0.15) is 4.90 Å². The second-order valence-corrected chi connectivity index (χ2v) is 9.14. The van der Waals surface area contributed by atoms with E-state index in [1.807, 2.05) is 30.3 Å². The Bertz CT molecular complexity index is 873. The molecule has 0 atom stereocenters. The standard InChI is InChI=1S/C15H17NO4S2/c1-3-21(17,18)14-10-13(12-8-6-5-7-9-12)11-16-15(14)22(19,20)4-2/h5-11H,3-4H2,1-2H3. The van der Waals surface area contributed by atoms with Crippen molar-refractivity contribution in [1.82, 2.24) is 4.98 Å². The van der Waals surface area contributed by atoms with Gasteiger partial charge in [0, 0.05) is 11.8 Å². The van der Waals surface area contributed by atoms with Gasteiger partial charge in [-0.15, -0.1) is 0 Å². The van der Waals surface area contributed by atoms with Crippen molar-refractivity contribution in [3.63, 3.8) is 0 Å². The van der Waals surface area contributed by atoms with Crippen molar-refractivity contribution < 1.29 is 16.8 Å². The van der Waals surface area contributed by atoms with Crippen LogP contribution >= 0.6 is 0 Å². The summed E-state index contributed by atoms with van der Waals surface area (Å²) in [6, 6.07) is 10.5. The Labute approximate surface area is 130 Å². The molecule has 2 aromatic rings. The van der Waals surface area contributed by atoms with Gasteiger partial charge in [-0.05, 0) is 11.6 Å². The fourth-order valence-corrected chi connectivity index (χ4v) is 4.52. The van der Waals surface area contributed by atoms with E-state index >= 15 is 0 Å². The quantitative estimate of drug-likeness (QED) is 0.835. The largest absolute Gasteiger partial charge is 0.243 e. The molecule has 2 rings (SSSR count). The van der Waals surface area contributed by atoms with E-state index in [4.69, 9.17) is 0 Å². The first-order valence-corrected chi connectivity index (χ1v) is 10.1. The van der Waals surface area contributed by atoms with Crippen molar-refractivity contribution in [1.29, 1.82) is 0 Å². The lowest BCUT2D eigenvalue weighted by Crippen LogP contribution is -2.15. The SMILES string of the molecule is CCS(=O)(=O)c1cc(-c2ccccc2)cnc1S(=O)(=O)CC. The van der Waals surface area contributed by atoms with Gasteiger partial charge in [0.05, 0.1) is 11.5 Å². The summed E-state index contributed by atoms with van der Waals surface area (Å²) < 4.78 is 48.7. The molecule has 7 heteroatoms. The molecule has 0 radical (unpaired) electrons. The highest BCUT2D eigenvalue weighted by Gasteiger charge is 2.26. The van der Waals surface area contributed by atoms with Crippen LogP contribution in [0, 0.1) is 0 Å².